The summed E-state index contributed by atoms with van der Waals surface area (Å²) in [6.07, 6.45) is 3.06. The normalized spacial score (nSPS) is 13.3. The highest BCUT2D eigenvalue weighted by atomic mass is 19.1. The van der Waals surface area contributed by atoms with Crippen molar-refractivity contribution in [2.45, 2.75) is 38.3 Å². The Morgan fingerprint density at radius 1 is 1.08 bits per heavy atom. The topological polar surface area (TPSA) is 38.8 Å². The lowest BCUT2D eigenvalue weighted by Crippen LogP contribution is -2.32. The lowest BCUT2D eigenvalue weighted by Gasteiger charge is -2.23. The number of methoxy groups -OCH3 is 2. The summed E-state index contributed by atoms with van der Waals surface area (Å²) in [4.78, 5) is 14.6. The number of amides is 1. The van der Waals surface area contributed by atoms with Crippen LogP contribution in [0.15, 0.2) is 42.5 Å². The number of aryl methyl sites for hydroxylation is 1. The molecule has 1 amide bonds. The first kappa shape index (κ1) is 18.2. The molecule has 0 aliphatic heterocycles. The van der Waals surface area contributed by atoms with E-state index in [0.29, 0.717) is 30.9 Å². The fourth-order valence-electron chi connectivity index (χ4n) is 3.04. The fourth-order valence-corrected chi connectivity index (χ4v) is 3.04. The standard InChI is InChI=1S/C21H24FNO3/c1-25-19-11-15(12-20(13-19)26-2)6-9-21(24)23(18-7-8-18)14-16-4-3-5-17(22)10-16/h3-5,10-13,18H,6-9,14H2,1-2H3. The minimum absolute atomic E-state index is 0.0959. The Kier molecular flexibility index (Phi) is 5.76. The SMILES string of the molecule is COc1cc(CCC(=O)N(Cc2cccc(F)c2)C2CC2)cc(OC)c1. The van der Waals surface area contributed by atoms with Crippen LogP contribution < -0.4 is 9.47 Å². The Morgan fingerprint density at radius 3 is 2.35 bits per heavy atom. The van der Waals surface area contributed by atoms with E-state index in [2.05, 4.69) is 0 Å². The first-order valence-corrected chi connectivity index (χ1v) is 8.85. The second-order valence-electron chi connectivity index (χ2n) is 6.60. The number of rotatable bonds is 8. The van der Waals surface area contributed by atoms with E-state index < -0.39 is 0 Å². The van der Waals surface area contributed by atoms with E-state index >= 15 is 0 Å². The van der Waals surface area contributed by atoms with Gasteiger partial charge >= 0.3 is 0 Å². The third-order valence-corrected chi connectivity index (χ3v) is 4.59. The van der Waals surface area contributed by atoms with Crippen LogP contribution in [-0.4, -0.2) is 31.1 Å². The predicted molar refractivity (Wildman–Crippen MR) is 97.8 cm³/mol. The van der Waals surface area contributed by atoms with Gasteiger partial charge in [-0.25, -0.2) is 4.39 Å². The Labute approximate surface area is 153 Å². The zero-order valence-electron chi connectivity index (χ0n) is 15.2. The van der Waals surface area contributed by atoms with E-state index in [4.69, 9.17) is 9.47 Å². The Bertz CT molecular complexity index is 751. The highest BCUT2D eigenvalue weighted by molar-refractivity contribution is 5.77. The molecule has 0 heterocycles. The molecular formula is C21H24FNO3. The average Bonchev–Trinajstić information content (AvgIpc) is 3.49. The molecule has 0 aromatic heterocycles. The van der Waals surface area contributed by atoms with Gasteiger partial charge in [-0.3, -0.25) is 4.79 Å². The van der Waals surface area contributed by atoms with Crippen LogP contribution in [0, 0.1) is 5.82 Å². The van der Waals surface area contributed by atoms with Gasteiger partial charge < -0.3 is 14.4 Å². The first-order chi connectivity index (χ1) is 12.6. The number of carbonyl (C=O) groups excluding carboxylic acids is 1. The van der Waals surface area contributed by atoms with E-state index in [9.17, 15) is 9.18 Å². The average molecular weight is 357 g/mol. The number of nitrogens with zero attached hydrogens (tertiary/aromatic N) is 1. The smallest absolute Gasteiger partial charge is 0.223 e. The van der Waals surface area contributed by atoms with Gasteiger partial charge in [0.1, 0.15) is 17.3 Å². The van der Waals surface area contributed by atoms with Crippen molar-refractivity contribution in [1.29, 1.82) is 0 Å². The van der Waals surface area contributed by atoms with Crippen LogP contribution in [0.25, 0.3) is 0 Å². The molecule has 0 N–H and O–H groups in total. The maximum Gasteiger partial charge on any atom is 0.223 e. The van der Waals surface area contributed by atoms with Crippen molar-refractivity contribution in [3.05, 3.63) is 59.4 Å². The van der Waals surface area contributed by atoms with Crippen LogP contribution in [0.2, 0.25) is 0 Å². The highest BCUT2D eigenvalue weighted by Gasteiger charge is 2.32. The van der Waals surface area contributed by atoms with Crippen molar-refractivity contribution in [2.24, 2.45) is 0 Å². The molecule has 0 atom stereocenters. The van der Waals surface area contributed by atoms with E-state index in [1.807, 2.05) is 29.2 Å². The maximum atomic E-state index is 13.4. The van der Waals surface area contributed by atoms with Crippen molar-refractivity contribution in [3.8, 4) is 11.5 Å². The molecule has 4 nitrogen and oxygen atoms in total. The predicted octanol–water partition coefficient (Wildman–Crippen LogP) is 3.97. The molecule has 1 fully saturated rings. The van der Waals surface area contributed by atoms with Gasteiger partial charge in [0.25, 0.3) is 0 Å². The fraction of sp³-hybridized carbons (Fsp3) is 0.381. The molecule has 0 unspecified atom stereocenters. The summed E-state index contributed by atoms with van der Waals surface area (Å²) in [5.41, 5.74) is 1.82. The van der Waals surface area contributed by atoms with E-state index in [0.717, 1.165) is 24.0 Å². The first-order valence-electron chi connectivity index (χ1n) is 8.85. The molecule has 138 valence electrons. The van der Waals surface area contributed by atoms with Gasteiger partial charge in [-0.15, -0.1) is 0 Å². The minimum Gasteiger partial charge on any atom is -0.497 e. The second-order valence-corrected chi connectivity index (χ2v) is 6.60. The molecule has 1 aliphatic carbocycles. The molecule has 26 heavy (non-hydrogen) atoms. The van der Waals surface area contributed by atoms with Crippen LogP contribution in [0.4, 0.5) is 4.39 Å². The zero-order valence-corrected chi connectivity index (χ0v) is 15.2. The van der Waals surface area contributed by atoms with Crippen molar-refractivity contribution in [1.82, 2.24) is 4.90 Å². The van der Waals surface area contributed by atoms with E-state index in [1.54, 1.807) is 20.3 Å². The summed E-state index contributed by atoms with van der Waals surface area (Å²) in [5.74, 6) is 1.25. The Balaban J connectivity index is 1.65. The Morgan fingerprint density at radius 2 is 1.77 bits per heavy atom. The molecule has 3 rings (SSSR count). The maximum absolute atomic E-state index is 13.4. The Hall–Kier alpha value is -2.56. The third kappa shape index (κ3) is 4.75. The number of ether oxygens (including phenoxy) is 2. The van der Waals surface area contributed by atoms with Crippen LogP contribution in [0.5, 0.6) is 11.5 Å². The number of hydrogen-bond donors (Lipinski definition) is 0. The quantitative estimate of drug-likeness (QED) is 0.718. The summed E-state index contributed by atoms with van der Waals surface area (Å²) >= 11 is 0. The number of halogens is 1. The van der Waals surface area contributed by atoms with Crippen LogP contribution in [0.3, 0.4) is 0 Å². The van der Waals surface area contributed by atoms with Gasteiger partial charge in [0, 0.05) is 25.1 Å². The minimum atomic E-state index is -0.269. The molecule has 0 radical (unpaired) electrons. The lowest BCUT2D eigenvalue weighted by atomic mass is 10.1. The summed E-state index contributed by atoms with van der Waals surface area (Å²) in [7, 11) is 3.22. The van der Waals surface area contributed by atoms with Crippen molar-refractivity contribution >= 4 is 5.91 Å². The number of hydrogen-bond acceptors (Lipinski definition) is 3. The molecule has 2 aromatic carbocycles. The van der Waals surface area contributed by atoms with Gasteiger partial charge in [-0.05, 0) is 54.7 Å². The van der Waals surface area contributed by atoms with Gasteiger partial charge in [0.2, 0.25) is 5.91 Å². The van der Waals surface area contributed by atoms with Crippen molar-refractivity contribution < 1.29 is 18.7 Å². The van der Waals surface area contributed by atoms with Crippen molar-refractivity contribution in [2.75, 3.05) is 14.2 Å². The summed E-state index contributed by atoms with van der Waals surface area (Å²) < 4.78 is 24.0. The third-order valence-electron chi connectivity index (χ3n) is 4.59. The highest BCUT2D eigenvalue weighted by Crippen LogP contribution is 2.30. The van der Waals surface area contributed by atoms with E-state index in [-0.39, 0.29) is 17.8 Å². The molecule has 2 aromatic rings. The zero-order chi connectivity index (χ0) is 18.5. The number of carbonyl (C=O) groups is 1. The van der Waals surface area contributed by atoms with Crippen LogP contribution in [0.1, 0.15) is 30.4 Å². The van der Waals surface area contributed by atoms with Gasteiger partial charge in [-0.1, -0.05) is 12.1 Å². The molecular weight excluding hydrogens is 333 g/mol. The molecule has 0 saturated heterocycles. The van der Waals surface area contributed by atoms with E-state index in [1.165, 1.54) is 12.1 Å². The molecule has 0 spiro atoms. The monoisotopic (exact) mass is 357 g/mol. The molecule has 0 bridgehead atoms. The second kappa shape index (κ2) is 8.21. The summed E-state index contributed by atoms with van der Waals surface area (Å²) in [6, 6.07) is 12.4. The van der Waals surface area contributed by atoms with Gasteiger partial charge in [0.05, 0.1) is 14.2 Å². The van der Waals surface area contributed by atoms with Gasteiger partial charge in [0.15, 0.2) is 0 Å². The van der Waals surface area contributed by atoms with Crippen LogP contribution >= 0.6 is 0 Å². The van der Waals surface area contributed by atoms with Crippen molar-refractivity contribution in [3.63, 3.8) is 0 Å². The molecule has 1 saturated carbocycles. The van der Waals surface area contributed by atoms with Crippen LogP contribution in [-0.2, 0) is 17.8 Å². The summed E-state index contributed by atoms with van der Waals surface area (Å²) in [5, 5.41) is 0. The largest absolute Gasteiger partial charge is 0.497 e. The lowest BCUT2D eigenvalue weighted by molar-refractivity contribution is -0.132. The molecule has 1 aliphatic rings. The number of benzene rings is 2. The molecule has 5 heteroatoms. The van der Waals surface area contributed by atoms with Gasteiger partial charge in [-0.2, -0.15) is 0 Å². The summed E-state index contributed by atoms with van der Waals surface area (Å²) in [6.45, 7) is 0.461.